The Labute approximate surface area is 122 Å². The Morgan fingerprint density at radius 3 is 2.53 bits per heavy atom. The van der Waals surface area contributed by atoms with Gasteiger partial charge in [0.1, 0.15) is 0 Å². The third kappa shape index (κ3) is 7.73. The minimum atomic E-state index is -0.0435. The average molecular weight is 285 g/mol. The lowest BCUT2D eigenvalue weighted by atomic mass is 9.90. The summed E-state index contributed by atoms with van der Waals surface area (Å²) in [6.07, 6.45) is 3.34. The van der Waals surface area contributed by atoms with Gasteiger partial charge in [0.15, 0.2) is 0 Å². The molecule has 0 aliphatic heterocycles. The Bertz CT molecular complexity index is 399. The van der Waals surface area contributed by atoms with Crippen LogP contribution in [0, 0.1) is 5.41 Å². The molecule has 0 radical (unpaired) electrons. The van der Waals surface area contributed by atoms with Crippen molar-refractivity contribution >= 4 is 24.0 Å². The predicted molar refractivity (Wildman–Crippen MR) is 83.7 cm³/mol. The summed E-state index contributed by atoms with van der Waals surface area (Å²) in [6.45, 7) is 7.43. The van der Waals surface area contributed by atoms with Gasteiger partial charge >= 0.3 is 0 Å². The highest BCUT2D eigenvalue weighted by atomic mass is 35.5. The molecule has 1 aromatic rings. The van der Waals surface area contributed by atoms with Crippen molar-refractivity contribution in [2.45, 2.75) is 40.0 Å². The van der Waals surface area contributed by atoms with Crippen LogP contribution in [0.1, 0.15) is 50.4 Å². The van der Waals surface area contributed by atoms with Gasteiger partial charge in [-0.25, -0.2) is 0 Å². The molecule has 19 heavy (non-hydrogen) atoms. The van der Waals surface area contributed by atoms with E-state index in [1.54, 1.807) is 24.3 Å². The van der Waals surface area contributed by atoms with E-state index < -0.39 is 0 Å². The number of carbonyl (C=O) groups is 1. The summed E-state index contributed by atoms with van der Waals surface area (Å²) in [5, 5.41) is 2.92. The van der Waals surface area contributed by atoms with E-state index in [1.165, 1.54) is 6.42 Å². The number of nitrogens with two attached hydrogens (primary N) is 1. The van der Waals surface area contributed by atoms with Gasteiger partial charge in [0.25, 0.3) is 5.91 Å². The summed E-state index contributed by atoms with van der Waals surface area (Å²) in [7, 11) is 0. The van der Waals surface area contributed by atoms with Crippen molar-refractivity contribution in [2.75, 3.05) is 12.3 Å². The summed E-state index contributed by atoms with van der Waals surface area (Å²) in [5.74, 6) is -0.0435. The van der Waals surface area contributed by atoms with E-state index in [2.05, 4.69) is 26.1 Å². The molecule has 1 aromatic carbocycles. The number of nitrogen functional groups attached to an aromatic ring is 1. The second-order valence-electron chi connectivity index (χ2n) is 5.90. The quantitative estimate of drug-likeness (QED) is 0.641. The molecule has 1 rings (SSSR count). The van der Waals surface area contributed by atoms with Crippen molar-refractivity contribution in [3.63, 3.8) is 0 Å². The standard InChI is InChI=1S/C15H24N2O.ClH/c1-15(2,3)9-4-5-10-17-14(18)12-7-6-8-13(16)11-12;/h6-8,11H,4-5,9-10,16H2,1-3H3,(H,17,18);1H. The fourth-order valence-electron chi connectivity index (χ4n) is 1.76. The lowest BCUT2D eigenvalue weighted by Gasteiger charge is -2.17. The van der Waals surface area contributed by atoms with Crippen LogP contribution in [0.2, 0.25) is 0 Å². The van der Waals surface area contributed by atoms with Gasteiger partial charge in [-0.15, -0.1) is 12.4 Å². The third-order valence-electron chi connectivity index (χ3n) is 2.79. The summed E-state index contributed by atoms with van der Waals surface area (Å²) in [6, 6.07) is 7.05. The molecule has 0 aliphatic rings. The molecule has 0 spiro atoms. The normalized spacial score (nSPS) is 10.7. The molecule has 0 fully saturated rings. The number of hydrogen-bond acceptors (Lipinski definition) is 2. The predicted octanol–water partition coefficient (Wildman–Crippen LogP) is 3.64. The van der Waals surface area contributed by atoms with E-state index >= 15 is 0 Å². The molecule has 0 aliphatic carbocycles. The SMILES string of the molecule is CC(C)(C)CCCCNC(=O)c1cccc(N)c1.Cl. The molecule has 3 nitrogen and oxygen atoms in total. The lowest BCUT2D eigenvalue weighted by Crippen LogP contribution is -2.24. The van der Waals surface area contributed by atoms with Crippen molar-refractivity contribution in [1.82, 2.24) is 5.32 Å². The second kappa shape index (κ2) is 8.05. The summed E-state index contributed by atoms with van der Waals surface area (Å²) in [5.41, 5.74) is 7.26. The topological polar surface area (TPSA) is 55.1 Å². The smallest absolute Gasteiger partial charge is 0.251 e. The van der Waals surface area contributed by atoms with Crippen molar-refractivity contribution in [1.29, 1.82) is 0 Å². The van der Waals surface area contributed by atoms with Crippen molar-refractivity contribution < 1.29 is 4.79 Å². The van der Waals surface area contributed by atoms with Gasteiger partial charge < -0.3 is 11.1 Å². The Balaban J connectivity index is 0.00000324. The maximum absolute atomic E-state index is 11.8. The van der Waals surface area contributed by atoms with Gasteiger partial charge in [0.2, 0.25) is 0 Å². The van der Waals surface area contributed by atoms with Crippen LogP contribution in [0.5, 0.6) is 0 Å². The maximum Gasteiger partial charge on any atom is 0.251 e. The Morgan fingerprint density at radius 1 is 1.26 bits per heavy atom. The fraction of sp³-hybridized carbons (Fsp3) is 0.533. The molecule has 0 saturated carbocycles. The number of nitrogens with one attached hydrogen (secondary N) is 1. The van der Waals surface area contributed by atoms with Crippen LogP contribution in [0.15, 0.2) is 24.3 Å². The number of anilines is 1. The van der Waals surface area contributed by atoms with E-state index in [1.807, 2.05) is 0 Å². The number of amides is 1. The van der Waals surface area contributed by atoms with Gasteiger partial charge in [-0.1, -0.05) is 33.3 Å². The summed E-state index contributed by atoms with van der Waals surface area (Å²) >= 11 is 0. The zero-order valence-electron chi connectivity index (χ0n) is 12.0. The summed E-state index contributed by atoms with van der Waals surface area (Å²) in [4.78, 5) is 11.8. The molecule has 1 amide bonds. The Hall–Kier alpha value is -1.22. The van der Waals surface area contributed by atoms with Crippen LogP contribution in [0.25, 0.3) is 0 Å². The largest absolute Gasteiger partial charge is 0.399 e. The molecule has 0 saturated heterocycles. The third-order valence-corrected chi connectivity index (χ3v) is 2.79. The second-order valence-corrected chi connectivity index (χ2v) is 5.90. The van der Waals surface area contributed by atoms with E-state index in [0.717, 1.165) is 19.4 Å². The monoisotopic (exact) mass is 284 g/mol. The lowest BCUT2D eigenvalue weighted by molar-refractivity contribution is 0.0953. The first kappa shape index (κ1) is 17.8. The number of rotatable bonds is 5. The number of benzene rings is 1. The van der Waals surface area contributed by atoms with Crippen LogP contribution in [-0.4, -0.2) is 12.5 Å². The molecule has 0 heterocycles. The molecule has 0 bridgehead atoms. The fourth-order valence-corrected chi connectivity index (χ4v) is 1.76. The first-order valence-electron chi connectivity index (χ1n) is 6.52. The zero-order chi connectivity index (χ0) is 13.6. The Morgan fingerprint density at radius 2 is 1.95 bits per heavy atom. The maximum atomic E-state index is 11.8. The molecule has 108 valence electrons. The Kier molecular flexibility index (Phi) is 7.53. The van der Waals surface area contributed by atoms with Crippen molar-refractivity contribution in [3.05, 3.63) is 29.8 Å². The highest BCUT2D eigenvalue weighted by Gasteiger charge is 2.09. The number of unbranched alkanes of at least 4 members (excludes halogenated alkanes) is 1. The first-order chi connectivity index (χ1) is 8.38. The van der Waals surface area contributed by atoms with Crippen LogP contribution in [0.4, 0.5) is 5.69 Å². The average Bonchev–Trinajstić information content (AvgIpc) is 2.26. The minimum Gasteiger partial charge on any atom is -0.399 e. The highest BCUT2D eigenvalue weighted by molar-refractivity contribution is 5.94. The van der Waals surface area contributed by atoms with Crippen LogP contribution < -0.4 is 11.1 Å². The van der Waals surface area contributed by atoms with Crippen molar-refractivity contribution in [3.8, 4) is 0 Å². The van der Waals surface area contributed by atoms with E-state index in [9.17, 15) is 4.79 Å². The molecule has 0 unspecified atom stereocenters. The van der Waals surface area contributed by atoms with E-state index in [-0.39, 0.29) is 18.3 Å². The number of carbonyl (C=O) groups excluding carboxylic acids is 1. The molecular formula is C15H25ClN2O. The van der Waals surface area contributed by atoms with Crippen LogP contribution >= 0.6 is 12.4 Å². The van der Waals surface area contributed by atoms with E-state index in [0.29, 0.717) is 16.7 Å². The molecule has 4 heteroatoms. The zero-order valence-corrected chi connectivity index (χ0v) is 12.8. The van der Waals surface area contributed by atoms with Gasteiger partial charge in [0.05, 0.1) is 0 Å². The number of hydrogen-bond donors (Lipinski definition) is 2. The van der Waals surface area contributed by atoms with Gasteiger partial charge in [-0.05, 0) is 36.5 Å². The van der Waals surface area contributed by atoms with Gasteiger partial charge in [-0.2, -0.15) is 0 Å². The highest BCUT2D eigenvalue weighted by Crippen LogP contribution is 2.21. The van der Waals surface area contributed by atoms with Gasteiger partial charge in [-0.3, -0.25) is 4.79 Å². The molecule has 0 aromatic heterocycles. The van der Waals surface area contributed by atoms with Crippen LogP contribution in [0.3, 0.4) is 0 Å². The van der Waals surface area contributed by atoms with Gasteiger partial charge in [0, 0.05) is 17.8 Å². The minimum absolute atomic E-state index is 0. The molecular weight excluding hydrogens is 260 g/mol. The van der Waals surface area contributed by atoms with Crippen LogP contribution in [-0.2, 0) is 0 Å². The molecule has 0 atom stereocenters. The van der Waals surface area contributed by atoms with Crippen molar-refractivity contribution in [2.24, 2.45) is 5.41 Å². The molecule has 3 N–H and O–H groups in total. The van der Waals surface area contributed by atoms with E-state index in [4.69, 9.17) is 5.73 Å². The summed E-state index contributed by atoms with van der Waals surface area (Å²) < 4.78 is 0. The first-order valence-corrected chi connectivity index (χ1v) is 6.52. The number of halogens is 1.